The van der Waals surface area contributed by atoms with Gasteiger partial charge in [0.2, 0.25) is 10.0 Å². The summed E-state index contributed by atoms with van der Waals surface area (Å²) < 4.78 is 25.8. The molecule has 0 aliphatic heterocycles. The molecule has 0 saturated carbocycles. The lowest BCUT2D eigenvalue weighted by Gasteiger charge is -2.21. The summed E-state index contributed by atoms with van der Waals surface area (Å²) in [7, 11) is -3.11. The second kappa shape index (κ2) is 6.90. The lowest BCUT2D eigenvalue weighted by molar-refractivity contribution is 0.405. The molecule has 0 saturated heterocycles. The average molecular weight is 269 g/mol. The molecule has 1 aromatic carbocycles. The molecule has 1 aromatic rings. The third-order valence-electron chi connectivity index (χ3n) is 2.81. The van der Waals surface area contributed by atoms with Crippen molar-refractivity contribution in [1.29, 1.82) is 0 Å². The van der Waals surface area contributed by atoms with E-state index in [1.807, 2.05) is 45.0 Å². The fraction of sp³-hybridized carbons (Fsp3) is 0.571. The zero-order valence-electron chi connectivity index (χ0n) is 11.5. The molecule has 0 amide bonds. The Morgan fingerprint density at radius 2 is 1.67 bits per heavy atom. The van der Waals surface area contributed by atoms with Crippen molar-refractivity contribution in [3.8, 4) is 0 Å². The number of rotatable bonds is 7. The standard InChI is InChI=1S/C14H23NO2S/c1-4-10-15(18(16,17)11-5-2)12-14-8-6-13(3)7-9-14/h6-9H,4-5,10-12H2,1-3H3. The van der Waals surface area contributed by atoms with Gasteiger partial charge in [-0.05, 0) is 25.3 Å². The number of hydrogen-bond donors (Lipinski definition) is 0. The van der Waals surface area contributed by atoms with Crippen molar-refractivity contribution in [1.82, 2.24) is 4.31 Å². The average Bonchev–Trinajstić information content (AvgIpc) is 2.31. The predicted octanol–water partition coefficient (Wildman–Crippen LogP) is 2.95. The van der Waals surface area contributed by atoms with Crippen LogP contribution in [0.2, 0.25) is 0 Å². The molecule has 0 unspecified atom stereocenters. The molecule has 0 aromatic heterocycles. The first-order valence-corrected chi connectivity index (χ1v) is 8.14. The minimum absolute atomic E-state index is 0.235. The van der Waals surface area contributed by atoms with E-state index in [1.54, 1.807) is 4.31 Å². The molecule has 0 spiro atoms. The van der Waals surface area contributed by atoms with E-state index in [-0.39, 0.29) is 5.75 Å². The molecule has 0 aliphatic rings. The van der Waals surface area contributed by atoms with Gasteiger partial charge in [-0.3, -0.25) is 0 Å². The lowest BCUT2D eigenvalue weighted by Crippen LogP contribution is -2.33. The zero-order valence-corrected chi connectivity index (χ0v) is 12.3. The minimum Gasteiger partial charge on any atom is -0.212 e. The van der Waals surface area contributed by atoms with Crippen molar-refractivity contribution in [2.24, 2.45) is 0 Å². The molecule has 0 aliphatic carbocycles. The second-order valence-electron chi connectivity index (χ2n) is 4.64. The maximum Gasteiger partial charge on any atom is 0.214 e. The number of benzene rings is 1. The molecule has 0 N–H and O–H groups in total. The summed E-state index contributed by atoms with van der Waals surface area (Å²) in [6.07, 6.45) is 1.51. The van der Waals surface area contributed by atoms with E-state index in [2.05, 4.69) is 0 Å². The van der Waals surface area contributed by atoms with E-state index >= 15 is 0 Å². The summed E-state index contributed by atoms with van der Waals surface area (Å²) >= 11 is 0. The van der Waals surface area contributed by atoms with Gasteiger partial charge in [-0.1, -0.05) is 43.7 Å². The normalized spacial score (nSPS) is 12.0. The van der Waals surface area contributed by atoms with Gasteiger partial charge in [-0.2, -0.15) is 4.31 Å². The highest BCUT2D eigenvalue weighted by Crippen LogP contribution is 2.12. The van der Waals surface area contributed by atoms with Gasteiger partial charge in [0.25, 0.3) is 0 Å². The Morgan fingerprint density at radius 3 is 2.17 bits per heavy atom. The molecule has 0 atom stereocenters. The van der Waals surface area contributed by atoms with Gasteiger partial charge >= 0.3 is 0 Å². The first kappa shape index (κ1) is 15.2. The Labute approximate surface area is 111 Å². The van der Waals surface area contributed by atoms with E-state index in [9.17, 15) is 8.42 Å². The fourth-order valence-electron chi connectivity index (χ4n) is 1.85. The molecule has 4 heteroatoms. The van der Waals surface area contributed by atoms with Crippen LogP contribution in [0, 0.1) is 6.92 Å². The molecule has 0 heterocycles. The summed E-state index contributed by atoms with van der Waals surface area (Å²) in [4.78, 5) is 0. The predicted molar refractivity (Wildman–Crippen MR) is 76.0 cm³/mol. The largest absolute Gasteiger partial charge is 0.214 e. The molecular weight excluding hydrogens is 246 g/mol. The van der Waals surface area contributed by atoms with Crippen LogP contribution in [-0.4, -0.2) is 25.0 Å². The van der Waals surface area contributed by atoms with Crippen LogP contribution in [0.15, 0.2) is 24.3 Å². The van der Waals surface area contributed by atoms with Crippen molar-refractivity contribution >= 4 is 10.0 Å². The summed E-state index contributed by atoms with van der Waals surface area (Å²) in [5.41, 5.74) is 2.24. The number of aryl methyl sites for hydroxylation is 1. The van der Waals surface area contributed by atoms with Gasteiger partial charge in [0, 0.05) is 13.1 Å². The van der Waals surface area contributed by atoms with E-state index in [0.29, 0.717) is 19.5 Å². The topological polar surface area (TPSA) is 37.4 Å². The van der Waals surface area contributed by atoms with Crippen LogP contribution >= 0.6 is 0 Å². The van der Waals surface area contributed by atoms with E-state index in [0.717, 1.165) is 12.0 Å². The molecule has 102 valence electrons. The van der Waals surface area contributed by atoms with Crippen LogP contribution in [0.25, 0.3) is 0 Å². The molecule has 1 rings (SSSR count). The lowest BCUT2D eigenvalue weighted by atomic mass is 10.1. The van der Waals surface area contributed by atoms with Crippen molar-refractivity contribution in [2.45, 2.75) is 40.2 Å². The zero-order chi connectivity index (χ0) is 13.6. The van der Waals surface area contributed by atoms with Crippen LogP contribution in [-0.2, 0) is 16.6 Å². The van der Waals surface area contributed by atoms with Crippen molar-refractivity contribution in [3.05, 3.63) is 35.4 Å². The van der Waals surface area contributed by atoms with E-state index in [4.69, 9.17) is 0 Å². The highest BCUT2D eigenvalue weighted by Gasteiger charge is 2.20. The third-order valence-corrected chi connectivity index (χ3v) is 4.83. The van der Waals surface area contributed by atoms with Crippen LogP contribution in [0.5, 0.6) is 0 Å². The molecule has 0 radical (unpaired) electrons. The van der Waals surface area contributed by atoms with Crippen LogP contribution in [0.3, 0.4) is 0 Å². The first-order valence-electron chi connectivity index (χ1n) is 6.53. The van der Waals surface area contributed by atoms with E-state index < -0.39 is 10.0 Å². The van der Waals surface area contributed by atoms with Gasteiger partial charge < -0.3 is 0 Å². The van der Waals surface area contributed by atoms with Gasteiger partial charge in [0.05, 0.1) is 5.75 Å². The Kier molecular flexibility index (Phi) is 5.82. The fourth-order valence-corrected chi connectivity index (χ4v) is 3.43. The number of hydrogen-bond acceptors (Lipinski definition) is 2. The number of nitrogens with zero attached hydrogens (tertiary/aromatic N) is 1. The number of sulfonamides is 1. The third kappa shape index (κ3) is 4.42. The molecule has 0 fully saturated rings. The van der Waals surface area contributed by atoms with Crippen LogP contribution < -0.4 is 0 Å². The SMILES string of the molecule is CCCN(Cc1ccc(C)cc1)S(=O)(=O)CCC. The second-order valence-corrected chi connectivity index (χ2v) is 6.72. The van der Waals surface area contributed by atoms with Crippen molar-refractivity contribution in [2.75, 3.05) is 12.3 Å². The van der Waals surface area contributed by atoms with Crippen molar-refractivity contribution in [3.63, 3.8) is 0 Å². The molecule has 18 heavy (non-hydrogen) atoms. The Balaban J connectivity index is 2.83. The summed E-state index contributed by atoms with van der Waals surface area (Å²) in [6, 6.07) is 8.04. The van der Waals surface area contributed by atoms with E-state index in [1.165, 1.54) is 5.56 Å². The molecular formula is C14H23NO2S. The maximum atomic E-state index is 12.1. The Bertz CT molecular complexity index is 451. The molecule has 3 nitrogen and oxygen atoms in total. The van der Waals surface area contributed by atoms with Gasteiger partial charge in [-0.25, -0.2) is 8.42 Å². The quantitative estimate of drug-likeness (QED) is 0.763. The van der Waals surface area contributed by atoms with Gasteiger partial charge in [-0.15, -0.1) is 0 Å². The highest BCUT2D eigenvalue weighted by molar-refractivity contribution is 7.89. The maximum absolute atomic E-state index is 12.1. The highest BCUT2D eigenvalue weighted by atomic mass is 32.2. The molecule has 0 bridgehead atoms. The van der Waals surface area contributed by atoms with Gasteiger partial charge in [0.15, 0.2) is 0 Å². The van der Waals surface area contributed by atoms with Crippen LogP contribution in [0.4, 0.5) is 0 Å². The first-order chi connectivity index (χ1) is 8.49. The minimum atomic E-state index is -3.11. The Morgan fingerprint density at radius 1 is 1.06 bits per heavy atom. The smallest absolute Gasteiger partial charge is 0.212 e. The van der Waals surface area contributed by atoms with Crippen molar-refractivity contribution < 1.29 is 8.42 Å². The summed E-state index contributed by atoms with van der Waals surface area (Å²) in [5, 5.41) is 0. The summed E-state index contributed by atoms with van der Waals surface area (Å²) in [5.74, 6) is 0.235. The van der Waals surface area contributed by atoms with Crippen LogP contribution in [0.1, 0.15) is 37.8 Å². The summed E-state index contributed by atoms with van der Waals surface area (Å²) in [6.45, 7) is 7.01. The van der Waals surface area contributed by atoms with Gasteiger partial charge in [0.1, 0.15) is 0 Å². The monoisotopic (exact) mass is 269 g/mol. The Hall–Kier alpha value is -0.870.